The Kier molecular flexibility index (Phi) is 18.8. The SMILES string of the molecule is C=C/C=C(\C=C/C)C(C(=C)/C=C\C(=C/C)OCCOC(=O)C(=C)C)(C(/C=C\COCCOC(=O)C(=C)C)=C/C=C)[C@H]1C=CC=CC1. The van der Waals surface area contributed by atoms with E-state index in [1.54, 1.807) is 26.0 Å². The van der Waals surface area contributed by atoms with Gasteiger partial charge in [-0.25, -0.2) is 9.59 Å². The van der Waals surface area contributed by atoms with Crippen molar-refractivity contribution in [2.75, 3.05) is 33.0 Å². The molecule has 6 nitrogen and oxygen atoms in total. The maximum Gasteiger partial charge on any atom is 0.333 e. The molecule has 0 aromatic heterocycles. The molecule has 1 aliphatic rings. The van der Waals surface area contributed by atoms with Crippen molar-refractivity contribution in [1.82, 2.24) is 0 Å². The Morgan fingerprint density at radius 1 is 0.804 bits per heavy atom. The highest BCUT2D eigenvalue weighted by Gasteiger charge is 2.43. The van der Waals surface area contributed by atoms with Gasteiger partial charge in [0.2, 0.25) is 0 Å². The van der Waals surface area contributed by atoms with Gasteiger partial charge in [-0.3, -0.25) is 0 Å². The van der Waals surface area contributed by atoms with Crippen LogP contribution in [-0.2, 0) is 28.5 Å². The van der Waals surface area contributed by atoms with E-state index in [9.17, 15) is 9.59 Å². The summed E-state index contributed by atoms with van der Waals surface area (Å²) in [5.74, 6) is -0.298. The number of esters is 2. The summed E-state index contributed by atoms with van der Waals surface area (Å²) < 4.78 is 21.9. The molecule has 0 saturated carbocycles. The normalized spacial score (nSPS) is 16.8. The van der Waals surface area contributed by atoms with Crippen LogP contribution in [0.3, 0.4) is 0 Å². The molecule has 0 bridgehead atoms. The number of allylic oxidation sites excluding steroid dienone is 17. The molecule has 0 aromatic rings. The van der Waals surface area contributed by atoms with E-state index in [1.165, 1.54) is 0 Å². The lowest BCUT2D eigenvalue weighted by molar-refractivity contribution is -0.141. The van der Waals surface area contributed by atoms with Crippen molar-refractivity contribution in [2.24, 2.45) is 11.3 Å². The number of rotatable bonds is 21. The molecule has 0 aliphatic heterocycles. The average Bonchev–Trinajstić information content (AvgIpc) is 3.04. The number of hydrogen-bond acceptors (Lipinski definition) is 6. The molecular formula is C40H50O6. The van der Waals surface area contributed by atoms with Gasteiger partial charge in [0.25, 0.3) is 0 Å². The minimum Gasteiger partial charge on any atom is -0.490 e. The third-order valence-electron chi connectivity index (χ3n) is 6.88. The fourth-order valence-corrected chi connectivity index (χ4v) is 4.78. The number of hydrogen-bond donors (Lipinski definition) is 0. The summed E-state index contributed by atoms with van der Waals surface area (Å²) >= 11 is 0. The summed E-state index contributed by atoms with van der Waals surface area (Å²) in [6.45, 7) is 27.9. The van der Waals surface area contributed by atoms with E-state index in [0.717, 1.165) is 23.1 Å². The van der Waals surface area contributed by atoms with E-state index < -0.39 is 17.4 Å². The van der Waals surface area contributed by atoms with Gasteiger partial charge in [0, 0.05) is 11.1 Å². The summed E-state index contributed by atoms with van der Waals surface area (Å²) in [5, 5.41) is 0. The Morgan fingerprint density at radius 3 is 1.91 bits per heavy atom. The molecule has 1 unspecified atom stereocenters. The summed E-state index contributed by atoms with van der Waals surface area (Å²) in [4.78, 5) is 23.3. The van der Waals surface area contributed by atoms with Gasteiger partial charge < -0.3 is 18.9 Å². The van der Waals surface area contributed by atoms with Crippen LogP contribution in [0, 0.1) is 11.3 Å². The Bertz CT molecular complexity index is 1360. The third kappa shape index (κ3) is 12.4. The van der Waals surface area contributed by atoms with E-state index in [-0.39, 0.29) is 32.3 Å². The number of carbonyl (C=O) groups excluding carboxylic acids is 2. The zero-order chi connectivity index (χ0) is 34.4. The quantitative estimate of drug-likeness (QED) is 0.0417. The van der Waals surface area contributed by atoms with Crippen LogP contribution in [0.5, 0.6) is 0 Å². The first kappa shape index (κ1) is 39.3. The standard InChI is InChI=1S/C40H50O6/c1-10-18-34(19-11-2)40(36-21-15-14-16-22-36,33(9)24-25-37(13-4)44-29-30-46-39(42)32(7)8)35(20-12-3)23-17-26-43-27-28-45-38(41)31(5)6/h10-21,23-25,36H,1,3,5,7,9,22,26-30H2,2,4,6,8H3/b19-11-,23-17-,25-24-,34-18+,35-20+,37-13+/t36-,40?/m0/s1. The lowest BCUT2D eigenvalue weighted by Gasteiger charge is -2.44. The summed E-state index contributed by atoms with van der Waals surface area (Å²) in [6.07, 6.45) is 30.4. The van der Waals surface area contributed by atoms with Gasteiger partial charge in [-0.05, 0) is 68.9 Å². The molecule has 0 heterocycles. The Balaban J connectivity index is 3.50. The van der Waals surface area contributed by atoms with Crippen molar-refractivity contribution in [3.8, 4) is 0 Å². The lowest BCUT2D eigenvalue weighted by atomic mass is 9.58. The van der Waals surface area contributed by atoms with Gasteiger partial charge >= 0.3 is 11.9 Å². The Morgan fingerprint density at radius 2 is 1.39 bits per heavy atom. The Labute approximate surface area is 276 Å². The molecule has 0 aromatic carbocycles. The first-order valence-electron chi connectivity index (χ1n) is 15.3. The highest BCUT2D eigenvalue weighted by atomic mass is 16.6. The van der Waals surface area contributed by atoms with Gasteiger partial charge in [-0.1, -0.05) is 112 Å². The molecule has 246 valence electrons. The minimum atomic E-state index is -0.740. The Hall–Kier alpha value is -4.68. The van der Waals surface area contributed by atoms with Gasteiger partial charge in [-0.15, -0.1) is 0 Å². The summed E-state index contributed by atoms with van der Waals surface area (Å²) in [5.41, 5.74) is 2.69. The lowest BCUT2D eigenvalue weighted by Crippen LogP contribution is -2.35. The van der Waals surface area contributed by atoms with E-state index >= 15 is 0 Å². The van der Waals surface area contributed by atoms with Crippen LogP contribution in [0.2, 0.25) is 0 Å². The number of ether oxygens (including phenoxy) is 4. The van der Waals surface area contributed by atoms with Crippen molar-refractivity contribution in [3.63, 3.8) is 0 Å². The monoisotopic (exact) mass is 626 g/mol. The topological polar surface area (TPSA) is 71.1 Å². The maximum atomic E-state index is 11.7. The fraction of sp³-hybridized carbons (Fsp3) is 0.300. The van der Waals surface area contributed by atoms with Crippen LogP contribution in [0.15, 0.2) is 158 Å². The van der Waals surface area contributed by atoms with E-state index in [2.05, 4.69) is 57.2 Å². The summed E-state index contributed by atoms with van der Waals surface area (Å²) in [7, 11) is 0. The molecule has 2 atom stereocenters. The van der Waals surface area contributed by atoms with Crippen LogP contribution in [-0.4, -0.2) is 45.0 Å². The zero-order valence-electron chi connectivity index (χ0n) is 28.0. The van der Waals surface area contributed by atoms with E-state index in [1.807, 2.05) is 68.5 Å². The average molecular weight is 627 g/mol. The molecule has 6 heteroatoms. The first-order valence-corrected chi connectivity index (χ1v) is 15.3. The van der Waals surface area contributed by atoms with Crippen LogP contribution in [0.25, 0.3) is 0 Å². The minimum absolute atomic E-state index is 0.00750. The van der Waals surface area contributed by atoms with Crippen LogP contribution in [0.1, 0.15) is 34.1 Å². The van der Waals surface area contributed by atoms with E-state index in [0.29, 0.717) is 23.5 Å². The van der Waals surface area contributed by atoms with Crippen LogP contribution in [0.4, 0.5) is 0 Å². The third-order valence-corrected chi connectivity index (χ3v) is 6.88. The van der Waals surface area contributed by atoms with Gasteiger partial charge in [0.15, 0.2) is 0 Å². The van der Waals surface area contributed by atoms with Crippen LogP contribution < -0.4 is 0 Å². The highest BCUT2D eigenvalue weighted by molar-refractivity contribution is 5.87. The van der Waals surface area contributed by atoms with Crippen molar-refractivity contribution >= 4 is 11.9 Å². The molecule has 0 spiro atoms. The second-order valence-corrected chi connectivity index (χ2v) is 10.4. The van der Waals surface area contributed by atoms with Crippen molar-refractivity contribution < 1.29 is 28.5 Å². The molecule has 0 saturated heterocycles. The first-order chi connectivity index (χ1) is 22.1. The highest BCUT2D eigenvalue weighted by Crippen LogP contribution is 2.53. The van der Waals surface area contributed by atoms with Crippen LogP contribution >= 0.6 is 0 Å². The van der Waals surface area contributed by atoms with Gasteiger partial charge in [0.05, 0.1) is 18.6 Å². The fourth-order valence-electron chi connectivity index (χ4n) is 4.78. The molecule has 46 heavy (non-hydrogen) atoms. The number of carbonyl (C=O) groups is 2. The molecule has 1 rings (SSSR count). The molecule has 1 aliphatic carbocycles. The predicted molar refractivity (Wildman–Crippen MR) is 190 cm³/mol. The molecule has 0 radical (unpaired) electrons. The molecule has 0 fully saturated rings. The van der Waals surface area contributed by atoms with Gasteiger partial charge in [-0.2, -0.15) is 0 Å². The van der Waals surface area contributed by atoms with Crippen molar-refractivity contribution in [3.05, 3.63) is 158 Å². The van der Waals surface area contributed by atoms with Gasteiger partial charge in [0.1, 0.15) is 25.6 Å². The predicted octanol–water partition coefficient (Wildman–Crippen LogP) is 8.75. The zero-order valence-corrected chi connectivity index (χ0v) is 28.0. The molecular weight excluding hydrogens is 576 g/mol. The molecule has 0 N–H and O–H groups in total. The largest absolute Gasteiger partial charge is 0.490 e. The van der Waals surface area contributed by atoms with Crippen molar-refractivity contribution in [2.45, 2.75) is 34.1 Å². The second-order valence-electron chi connectivity index (χ2n) is 10.4. The maximum absolute atomic E-state index is 11.7. The smallest absolute Gasteiger partial charge is 0.333 e. The molecule has 0 amide bonds. The van der Waals surface area contributed by atoms with Crippen molar-refractivity contribution in [1.29, 1.82) is 0 Å². The second kappa shape index (κ2) is 21.9. The summed E-state index contributed by atoms with van der Waals surface area (Å²) in [6, 6.07) is 0. The van der Waals surface area contributed by atoms with E-state index in [4.69, 9.17) is 18.9 Å².